The maximum absolute atomic E-state index is 11.4. The molecule has 1 unspecified atom stereocenters. The van der Waals surface area contributed by atoms with E-state index in [1.54, 1.807) is 11.9 Å². The molecule has 1 atom stereocenters. The third-order valence-electron chi connectivity index (χ3n) is 2.06. The first-order chi connectivity index (χ1) is 6.99. The minimum Gasteiger partial charge on any atom is -0.468 e. The van der Waals surface area contributed by atoms with Crippen molar-refractivity contribution in [3.63, 3.8) is 0 Å². The molecule has 0 aliphatic carbocycles. The van der Waals surface area contributed by atoms with Gasteiger partial charge in [0.1, 0.15) is 0 Å². The van der Waals surface area contributed by atoms with Crippen LogP contribution in [0.2, 0.25) is 0 Å². The van der Waals surface area contributed by atoms with E-state index < -0.39 is 0 Å². The topological polar surface area (TPSA) is 58.6 Å². The summed E-state index contributed by atoms with van der Waals surface area (Å²) in [5, 5.41) is 2.82. The van der Waals surface area contributed by atoms with Gasteiger partial charge in [0, 0.05) is 6.04 Å². The summed E-state index contributed by atoms with van der Waals surface area (Å²) in [6.45, 7) is 4.28. The molecule has 0 aliphatic heterocycles. The number of rotatable bonds is 6. The lowest BCUT2D eigenvalue weighted by Gasteiger charge is -2.17. The summed E-state index contributed by atoms with van der Waals surface area (Å²) in [7, 11) is 3.03. The first-order valence-corrected chi connectivity index (χ1v) is 5.04. The SMILES string of the molecule is CCC(C)NC(=O)CN(C)CC(=O)OC. The summed E-state index contributed by atoms with van der Waals surface area (Å²) >= 11 is 0. The van der Waals surface area contributed by atoms with Crippen LogP contribution < -0.4 is 5.32 Å². The average molecular weight is 216 g/mol. The highest BCUT2D eigenvalue weighted by atomic mass is 16.5. The maximum atomic E-state index is 11.4. The highest BCUT2D eigenvalue weighted by Gasteiger charge is 2.11. The van der Waals surface area contributed by atoms with Crippen LogP contribution in [0.25, 0.3) is 0 Å². The summed E-state index contributed by atoms with van der Waals surface area (Å²) in [5.74, 6) is -0.412. The van der Waals surface area contributed by atoms with Gasteiger partial charge >= 0.3 is 5.97 Å². The van der Waals surface area contributed by atoms with E-state index in [9.17, 15) is 9.59 Å². The Kier molecular flexibility index (Phi) is 6.70. The molecule has 0 aliphatic rings. The molecule has 1 amide bonds. The number of hydrogen-bond donors (Lipinski definition) is 1. The predicted octanol–water partition coefficient (Wildman–Crippen LogP) is 0.00590. The van der Waals surface area contributed by atoms with Gasteiger partial charge < -0.3 is 10.1 Å². The second kappa shape index (κ2) is 7.23. The van der Waals surface area contributed by atoms with Crippen LogP contribution in [0.1, 0.15) is 20.3 Å². The van der Waals surface area contributed by atoms with Gasteiger partial charge in [0.15, 0.2) is 0 Å². The Balaban J connectivity index is 3.81. The van der Waals surface area contributed by atoms with Crippen molar-refractivity contribution < 1.29 is 14.3 Å². The van der Waals surface area contributed by atoms with Crippen LogP contribution in [-0.2, 0) is 14.3 Å². The standard InChI is InChI=1S/C10H20N2O3/c1-5-8(2)11-9(13)6-12(3)7-10(14)15-4/h8H,5-7H2,1-4H3,(H,11,13). The van der Waals surface area contributed by atoms with E-state index in [1.165, 1.54) is 7.11 Å². The normalized spacial score (nSPS) is 12.3. The molecular formula is C10H20N2O3. The molecule has 5 heteroatoms. The Bertz CT molecular complexity index is 219. The van der Waals surface area contributed by atoms with Crippen LogP contribution in [0, 0.1) is 0 Å². The van der Waals surface area contributed by atoms with E-state index in [1.807, 2.05) is 13.8 Å². The molecular weight excluding hydrogens is 196 g/mol. The number of nitrogens with zero attached hydrogens (tertiary/aromatic N) is 1. The molecule has 0 aromatic rings. The van der Waals surface area contributed by atoms with Crippen molar-refractivity contribution in [1.82, 2.24) is 10.2 Å². The first-order valence-electron chi connectivity index (χ1n) is 5.04. The van der Waals surface area contributed by atoms with E-state index in [-0.39, 0.29) is 31.0 Å². The minimum absolute atomic E-state index is 0.0734. The van der Waals surface area contributed by atoms with E-state index >= 15 is 0 Å². The molecule has 0 aromatic carbocycles. The van der Waals surface area contributed by atoms with Crippen LogP contribution in [0.3, 0.4) is 0 Å². The zero-order chi connectivity index (χ0) is 11.8. The lowest BCUT2D eigenvalue weighted by Crippen LogP contribution is -2.41. The van der Waals surface area contributed by atoms with Crippen LogP contribution >= 0.6 is 0 Å². The smallest absolute Gasteiger partial charge is 0.319 e. The highest BCUT2D eigenvalue weighted by Crippen LogP contribution is 1.89. The van der Waals surface area contributed by atoms with Crippen LogP contribution in [-0.4, -0.2) is 50.1 Å². The molecule has 0 aromatic heterocycles. The summed E-state index contributed by atoms with van der Waals surface area (Å²) in [5.41, 5.74) is 0. The number of carbonyl (C=O) groups excluding carboxylic acids is 2. The molecule has 0 heterocycles. The van der Waals surface area contributed by atoms with E-state index in [2.05, 4.69) is 10.1 Å². The van der Waals surface area contributed by atoms with Gasteiger partial charge in [-0.3, -0.25) is 14.5 Å². The molecule has 5 nitrogen and oxygen atoms in total. The molecule has 1 N–H and O–H groups in total. The maximum Gasteiger partial charge on any atom is 0.319 e. The zero-order valence-electron chi connectivity index (χ0n) is 9.87. The highest BCUT2D eigenvalue weighted by molar-refractivity contribution is 5.79. The molecule has 15 heavy (non-hydrogen) atoms. The van der Waals surface area contributed by atoms with Gasteiger partial charge in [-0.2, -0.15) is 0 Å². The summed E-state index contributed by atoms with van der Waals surface area (Å²) < 4.78 is 4.49. The number of amides is 1. The Morgan fingerprint density at radius 2 is 2.00 bits per heavy atom. The Morgan fingerprint density at radius 3 is 2.47 bits per heavy atom. The van der Waals surface area contributed by atoms with Crippen LogP contribution in [0.15, 0.2) is 0 Å². The molecule has 0 saturated carbocycles. The fourth-order valence-corrected chi connectivity index (χ4v) is 1.01. The van der Waals surface area contributed by atoms with Crippen molar-refractivity contribution in [2.24, 2.45) is 0 Å². The van der Waals surface area contributed by atoms with Gasteiger partial charge in [-0.15, -0.1) is 0 Å². The van der Waals surface area contributed by atoms with Crippen LogP contribution in [0.4, 0.5) is 0 Å². The van der Waals surface area contributed by atoms with Gasteiger partial charge in [-0.1, -0.05) is 6.92 Å². The minimum atomic E-state index is -0.339. The summed E-state index contributed by atoms with van der Waals surface area (Å²) in [4.78, 5) is 23.9. The molecule has 0 saturated heterocycles. The first kappa shape index (κ1) is 13.9. The second-order valence-corrected chi connectivity index (χ2v) is 3.63. The largest absolute Gasteiger partial charge is 0.468 e. The Hall–Kier alpha value is -1.10. The Morgan fingerprint density at radius 1 is 1.40 bits per heavy atom. The number of nitrogens with one attached hydrogen (secondary N) is 1. The number of carbonyl (C=O) groups is 2. The van der Waals surface area contributed by atoms with Gasteiger partial charge in [0.05, 0.1) is 20.2 Å². The summed E-state index contributed by atoms with van der Waals surface area (Å²) in [6, 6.07) is 0.170. The summed E-state index contributed by atoms with van der Waals surface area (Å²) in [6.07, 6.45) is 0.895. The average Bonchev–Trinajstić information content (AvgIpc) is 2.16. The van der Waals surface area contributed by atoms with Crippen molar-refractivity contribution >= 4 is 11.9 Å². The molecule has 0 radical (unpaired) electrons. The van der Waals surface area contributed by atoms with Crippen molar-refractivity contribution in [2.45, 2.75) is 26.3 Å². The van der Waals surface area contributed by atoms with E-state index in [0.717, 1.165) is 6.42 Å². The van der Waals surface area contributed by atoms with Gasteiger partial charge in [0.25, 0.3) is 0 Å². The fraction of sp³-hybridized carbons (Fsp3) is 0.800. The zero-order valence-corrected chi connectivity index (χ0v) is 9.87. The quantitative estimate of drug-likeness (QED) is 0.635. The van der Waals surface area contributed by atoms with Gasteiger partial charge in [0.2, 0.25) is 5.91 Å². The van der Waals surface area contributed by atoms with E-state index in [0.29, 0.717) is 0 Å². The molecule has 0 spiro atoms. The fourth-order valence-electron chi connectivity index (χ4n) is 1.01. The van der Waals surface area contributed by atoms with Crippen molar-refractivity contribution in [2.75, 3.05) is 27.2 Å². The second-order valence-electron chi connectivity index (χ2n) is 3.63. The third kappa shape index (κ3) is 6.90. The molecule has 0 fully saturated rings. The molecule has 0 bridgehead atoms. The molecule has 88 valence electrons. The van der Waals surface area contributed by atoms with Crippen molar-refractivity contribution in [1.29, 1.82) is 0 Å². The van der Waals surface area contributed by atoms with Crippen LogP contribution in [0.5, 0.6) is 0 Å². The number of ether oxygens (including phenoxy) is 1. The predicted molar refractivity (Wildman–Crippen MR) is 57.4 cm³/mol. The number of esters is 1. The molecule has 0 rings (SSSR count). The lowest BCUT2D eigenvalue weighted by molar-refractivity contribution is -0.141. The lowest BCUT2D eigenvalue weighted by atomic mass is 10.2. The third-order valence-corrected chi connectivity index (χ3v) is 2.06. The van der Waals surface area contributed by atoms with Crippen molar-refractivity contribution in [3.8, 4) is 0 Å². The number of likely N-dealkylation sites (N-methyl/N-ethyl adjacent to an activating group) is 1. The Labute approximate surface area is 90.8 Å². The van der Waals surface area contributed by atoms with Gasteiger partial charge in [-0.25, -0.2) is 0 Å². The number of methoxy groups -OCH3 is 1. The van der Waals surface area contributed by atoms with Gasteiger partial charge in [-0.05, 0) is 20.4 Å². The van der Waals surface area contributed by atoms with E-state index in [4.69, 9.17) is 0 Å². The van der Waals surface area contributed by atoms with Crippen molar-refractivity contribution in [3.05, 3.63) is 0 Å². The number of hydrogen-bond acceptors (Lipinski definition) is 4. The monoisotopic (exact) mass is 216 g/mol.